The molecule has 2 N–H and O–H groups in total. The molecule has 0 fully saturated rings. The first-order chi connectivity index (χ1) is 8.10. The van der Waals surface area contributed by atoms with Gasteiger partial charge in [-0.2, -0.15) is 10.5 Å². The molecule has 0 aliphatic carbocycles. The molecule has 0 spiro atoms. The summed E-state index contributed by atoms with van der Waals surface area (Å²) in [4.78, 5) is 2.02. The normalized spacial score (nSPS) is 11.3. The van der Waals surface area contributed by atoms with Crippen LogP contribution in [-0.4, -0.2) is 13.1 Å². The van der Waals surface area contributed by atoms with E-state index in [-0.39, 0.29) is 6.04 Å². The summed E-state index contributed by atoms with van der Waals surface area (Å²) in [7, 11) is 1.93. The molecule has 4 nitrogen and oxygen atoms in total. The zero-order chi connectivity index (χ0) is 12.8. The van der Waals surface area contributed by atoms with Crippen molar-refractivity contribution in [1.82, 2.24) is 0 Å². The molecule has 1 aromatic rings. The second kappa shape index (κ2) is 5.77. The van der Waals surface area contributed by atoms with Gasteiger partial charge in [-0.25, -0.2) is 0 Å². The van der Waals surface area contributed by atoms with Crippen LogP contribution in [0.15, 0.2) is 18.2 Å². The van der Waals surface area contributed by atoms with Crippen molar-refractivity contribution in [2.24, 2.45) is 0 Å². The largest absolute Gasteiger partial charge is 0.398 e. The maximum absolute atomic E-state index is 8.70. The third-order valence-corrected chi connectivity index (χ3v) is 2.85. The molecular formula is C13H16N4. The Morgan fingerprint density at radius 3 is 2.65 bits per heavy atom. The number of nitriles is 2. The van der Waals surface area contributed by atoms with Crippen LogP contribution in [0.4, 0.5) is 11.4 Å². The molecule has 17 heavy (non-hydrogen) atoms. The van der Waals surface area contributed by atoms with Crippen molar-refractivity contribution in [1.29, 1.82) is 10.5 Å². The van der Waals surface area contributed by atoms with Gasteiger partial charge in [-0.15, -0.1) is 0 Å². The number of rotatable bonds is 4. The van der Waals surface area contributed by atoms with Crippen molar-refractivity contribution < 1.29 is 0 Å². The highest BCUT2D eigenvalue weighted by atomic mass is 15.1. The zero-order valence-electron chi connectivity index (χ0n) is 10.1. The molecule has 4 heteroatoms. The second-order valence-electron chi connectivity index (χ2n) is 4.04. The van der Waals surface area contributed by atoms with E-state index in [2.05, 4.69) is 12.1 Å². The SMILES string of the molecule is CC(CC#N)N(C)c1ccc(N)c(CC#N)c1. The minimum atomic E-state index is 0.138. The minimum absolute atomic E-state index is 0.138. The molecule has 0 saturated carbocycles. The fraction of sp³-hybridized carbons (Fsp3) is 0.385. The van der Waals surface area contributed by atoms with Crippen molar-refractivity contribution in [3.8, 4) is 12.1 Å². The molecule has 0 aliphatic heterocycles. The van der Waals surface area contributed by atoms with Crippen LogP contribution in [0.25, 0.3) is 0 Å². The van der Waals surface area contributed by atoms with Crippen molar-refractivity contribution in [2.45, 2.75) is 25.8 Å². The molecule has 1 rings (SSSR count). The third-order valence-electron chi connectivity index (χ3n) is 2.85. The topological polar surface area (TPSA) is 76.8 Å². The van der Waals surface area contributed by atoms with Gasteiger partial charge in [0.05, 0.1) is 25.0 Å². The quantitative estimate of drug-likeness (QED) is 0.800. The van der Waals surface area contributed by atoms with Crippen LogP contribution in [0.5, 0.6) is 0 Å². The van der Waals surface area contributed by atoms with E-state index in [1.165, 1.54) is 0 Å². The van der Waals surface area contributed by atoms with Crippen molar-refractivity contribution in [2.75, 3.05) is 17.7 Å². The summed E-state index contributed by atoms with van der Waals surface area (Å²) >= 11 is 0. The van der Waals surface area contributed by atoms with E-state index in [4.69, 9.17) is 16.3 Å². The first-order valence-electron chi connectivity index (χ1n) is 5.45. The Bertz CT molecular complexity index is 467. The molecule has 88 valence electrons. The summed E-state index contributed by atoms with van der Waals surface area (Å²) in [6, 6.07) is 10.0. The molecule has 0 bridgehead atoms. The molecule has 0 aliphatic rings. The van der Waals surface area contributed by atoms with Crippen LogP contribution in [0, 0.1) is 22.7 Å². The van der Waals surface area contributed by atoms with Crippen LogP contribution < -0.4 is 10.6 Å². The molecular weight excluding hydrogens is 212 g/mol. The first-order valence-corrected chi connectivity index (χ1v) is 5.45. The maximum atomic E-state index is 8.70. The van der Waals surface area contributed by atoms with Gasteiger partial charge in [-0.05, 0) is 30.7 Å². The van der Waals surface area contributed by atoms with Crippen LogP contribution in [0.1, 0.15) is 18.9 Å². The summed E-state index contributed by atoms with van der Waals surface area (Å²) in [6.07, 6.45) is 0.772. The number of nitrogen functional groups attached to an aromatic ring is 1. The summed E-state index contributed by atoms with van der Waals surface area (Å²) in [5.41, 5.74) is 8.24. The van der Waals surface area contributed by atoms with E-state index < -0.39 is 0 Å². The fourth-order valence-corrected chi connectivity index (χ4v) is 1.57. The molecule has 0 heterocycles. The highest BCUT2D eigenvalue weighted by Gasteiger charge is 2.11. The molecule has 1 aromatic carbocycles. The first kappa shape index (κ1) is 12.9. The Labute approximate surface area is 102 Å². The lowest BCUT2D eigenvalue weighted by Crippen LogP contribution is -2.28. The number of hydrogen-bond donors (Lipinski definition) is 1. The standard InChI is InChI=1S/C13H16N4/c1-10(5-7-14)17(2)12-3-4-13(16)11(9-12)6-8-15/h3-4,9-10H,5-6,16H2,1-2H3. The average Bonchev–Trinajstić information content (AvgIpc) is 2.31. The van der Waals surface area contributed by atoms with Crippen molar-refractivity contribution >= 4 is 11.4 Å². The van der Waals surface area contributed by atoms with Gasteiger partial charge in [0, 0.05) is 24.5 Å². The highest BCUT2D eigenvalue weighted by Crippen LogP contribution is 2.22. The van der Waals surface area contributed by atoms with Crippen LogP contribution in [0.2, 0.25) is 0 Å². The Morgan fingerprint density at radius 2 is 2.06 bits per heavy atom. The van der Waals surface area contributed by atoms with E-state index in [1.807, 2.05) is 31.0 Å². The van der Waals surface area contributed by atoms with Gasteiger partial charge in [0.2, 0.25) is 0 Å². The number of hydrogen-bond acceptors (Lipinski definition) is 4. The molecule has 0 aromatic heterocycles. The van der Waals surface area contributed by atoms with Crippen LogP contribution in [-0.2, 0) is 6.42 Å². The van der Waals surface area contributed by atoms with Gasteiger partial charge in [-0.3, -0.25) is 0 Å². The summed E-state index contributed by atoms with van der Waals surface area (Å²) in [5.74, 6) is 0. The summed E-state index contributed by atoms with van der Waals surface area (Å²) in [5, 5.41) is 17.4. The van der Waals surface area contributed by atoms with E-state index >= 15 is 0 Å². The molecule has 1 unspecified atom stereocenters. The minimum Gasteiger partial charge on any atom is -0.398 e. The Morgan fingerprint density at radius 1 is 1.35 bits per heavy atom. The lowest BCUT2D eigenvalue weighted by molar-refractivity contribution is 0.702. The van der Waals surface area contributed by atoms with Crippen molar-refractivity contribution in [3.63, 3.8) is 0 Å². The van der Waals surface area contributed by atoms with Gasteiger partial charge in [0.1, 0.15) is 0 Å². The maximum Gasteiger partial charge on any atom is 0.0670 e. The highest BCUT2D eigenvalue weighted by molar-refractivity contribution is 5.59. The Hall–Kier alpha value is -2.20. The van der Waals surface area contributed by atoms with E-state index in [0.717, 1.165) is 11.3 Å². The predicted molar refractivity (Wildman–Crippen MR) is 68.3 cm³/mol. The van der Waals surface area contributed by atoms with E-state index in [1.54, 1.807) is 6.07 Å². The number of nitrogens with zero attached hydrogens (tertiary/aromatic N) is 3. The van der Waals surface area contributed by atoms with Gasteiger partial charge < -0.3 is 10.6 Å². The van der Waals surface area contributed by atoms with E-state index in [9.17, 15) is 0 Å². The summed E-state index contributed by atoms with van der Waals surface area (Å²) < 4.78 is 0. The Kier molecular flexibility index (Phi) is 4.37. The lowest BCUT2D eigenvalue weighted by Gasteiger charge is -2.25. The number of nitrogens with two attached hydrogens (primary N) is 1. The van der Waals surface area contributed by atoms with Gasteiger partial charge in [0.25, 0.3) is 0 Å². The van der Waals surface area contributed by atoms with Gasteiger partial charge >= 0.3 is 0 Å². The molecule has 1 atom stereocenters. The average molecular weight is 228 g/mol. The van der Waals surface area contributed by atoms with Crippen LogP contribution in [0.3, 0.4) is 0 Å². The van der Waals surface area contributed by atoms with Crippen molar-refractivity contribution in [3.05, 3.63) is 23.8 Å². The Balaban J connectivity index is 2.96. The number of anilines is 2. The molecule has 0 radical (unpaired) electrons. The monoisotopic (exact) mass is 228 g/mol. The van der Waals surface area contributed by atoms with E-state index in [0.29, 0.717) is 18.5 Å². The molecule has 0 saturated heterocycles. The fourth-order valence-electron chi connectivity index (χ4n) is 1.57. The van der Waals surface area contributed by atoms with Gasteiger partial charge in [0.15, 0.2) is 0 Å². The van der Waals surface area contributed by atoms with Gasteiger partial charge in [-0.1, -0.05) is 0 Å². The van der Waals surface area contributed by atoms with Crippen LogP contribution >= 0.6 is 0 Å². The predicted octanol–water partition coefficient (Wildman–Crippen LogP) is 2.07. The summed E-state index contributed by atoms with van der Waals surface area (Å²) in [6.45, 7) is 1.99. The smallest absolute Gasteiger partial charge is 0.0670 e. The second-order valence-corrected chi connectivity index (χ2v) is 4.04. The zero-order valence-corrected chi connectivity index (χ0v) is 10.1. The third kappa shape index (κ3) is 3.12. The lowest BCUT2D eigenvalue weighted by atomic mass is 10.1. The molecule has 0 amide bonds. The number of benzene rings is 1.